The molecular formula is C11H13Cl2NO2. The van der Waals surface area contributed by atoms with Gasteiger partial charge in [0.05, 0.1) is 16.2 Å². The summed E-state index contributed by atoms with van der Waals surface area (Å²) >= 11 is 11.6. The molecule has 0 spiro atoms. The Labute approximate surface area is 104 Å². The van der Waals surface area contributed by atoms with Gasteiger partial charge in [-0.1, -0.05) is 23.2 Å². The van der Waals surface area contributed by atoms with Gasteiger partial charge in [0.25, 0.3) is 5.91 Å². The number of benzene rings is 1. The van der Waals surface area contributed by atoms with Crippen molar-refractivity contribution in [3.63, 3.8) is 0 Å². The minimum absolute atomic E-state index is 0.147. The lowest BCUT2D eigenvalue weighted by molar-refractivity contribution is 0.0694. The zero-order chi connectivity index (χ0) is 12.3. The first-order chi connectivity index (χ1) is 7.29. The normalized spacial score (nSPS) is 11.3. The van der Waals surface area contributed by atoms with Gasteiger partial charge in [0.2, 0.25) is 0 Å². The van der Waals surface area contributed by atoms with Crippen LogP contribution in [0.5, 0.6) is 0 Å². The highest BCUT2D eigenvalue weighted by Gasteiger charge is 2.16. The Bertz CT molecular complexity index is 399. The SMILES string of the molecule is CC(C)(O)CNC(=O)c1cc(Cl)ccc1Cl. The second-order valence-electron chi connectivity index (χ2n) is 4.12. The van der Waals surface area contributed by atoms with Gasteiger partial charge in [0.1, 0.15) is 0 Å². The van der Waals surface area contributed by atoms with Gasteiger partial charge in [-0.2, -0.15) is 0 Å². The van der Waals surface area contributed by atoms with Crippen molar-refractivity contribution in [3.05, 3.63) is 33.8 Å². The molecule has 0 unspecified atom stereocenters. The van der Waals surface area contributed by atoms with E-state index in [0.29, 0.717) is 15.6 Å². The molecule has 0 aliphatic heterocycles. The summed E-state index contributed by atoms with van der Waals surface area (Å²) < 4.78 is 0. The molecule has 1 aromatic rings. The van der Waals surface area contributed by atoms with Crippen molar-refractivity contribution in [1.82, 2.24) is 5.32 Å². The molecule has 0 radical (unpaired) electrons. The first-order valence-corrected chi connectivity index (χ1v) is 5.51. The second kappa shape index (κ2) is 5.04. The zero-order valence-electron chi connectivity index (χ0n) is 9.05. The fraction of sp³-hybridized carbons (Fsp3) is 0.364. The highest BCUT2D eigenvalue weighted by molar-refractivity contribution is 6.35. The van der Waals surface area contributed by atoms with E-state index in [1.54, 1.807) is 26.0 Å². The van der Waals surface area contributed by atoms with Crippen LogP contribution in [0.2, 0.25) is 10.0 Å². The van der Waals surface area contributed by atoms with Crippen molar-refractivity contribution >= 4 is 29.1 Å². The van der Waals surface area contributed by atoms with Crippen LogP contribution in [0.1, 0.15) is 24.2 Å². The molecule has 88 valence electrons. The summed E-state index contributed by atoms with van der Waals surface area (Å²) in [5, 5.41) is 12.8. The van der Waals surface area contributed by atoms with E-state index in [-0.39, 0.29) is 12.5 Å². The van der Waals surface area contributed by atoms with Crippen molar-refractivity contribution in [2.24, 2.45) is 0 Å². The Morgan fingerprint density at radius 2 is 2.06 bits per heavy atom. The molecule has 1 aromatic carbocycles. The highest BCUT2D eigenvalue weighted by Crippen LogP contribution is 2.20. The van der Waals surface area contributed by atoms with Crippen LogP contribution in [0.25, 0.3) is 0 Å². The maximum Gasteiger partial charge on any atom is 0.252 e. The Morgan fingerprint density at radius 1 is 1.44 bits per heavy atom. The van der Waals surface area contributed by atoms with Crippen LogP contribution in [0, 0.1) is 0 Å². The quantitative estimate of drug-likeness (QED) is 0.879. The van der Waals surface area contributed by atoms with Gasteiger partial charge in [0.15, 0.2) is 0 Å². The van der Waals surface area contributed by atoms with Crippen LogP contribution >= 0.6 is 23.2 Å². The number of halogens is 2. The molecule has 2 N–H and O–H groups in total. The first kappa shape index (κ1) is 13.3. The minimum atomic E-state index is -0.958. The fourth-order valence-corrected chi connectivity index (χ4v) is 1.44. The van der Waals surface area contributed by atoms with Gasteiger partial charge in [-0.25, -0.2) is 0 Å². The summed E-state index contributed by atoms with van der Waals surface area (Å²) in [6.45, 7) is 3.36. The standard InChI is InChI=1S/C11H13Cl2NO2/c1-11(2,16)6-14-10(15)8-5-7(12)3-4-9(8)13/h3-5,16H,6H2,1-2H3,(H,14,15). The van der Waals surface area contributed by atoms with E-state index in [1.807, 2.05) is 0 Å². The largest absolute Gasteiger partial charge is 0.389 e. The molecule has 1 amide bonds. The summed E-state index contributed by atoms with van der Waals surface area (Å²) in [5.41, 5.74) is -0.654. The minimum Gasteiger partial charge on any atom is -0.389 e. The van der Waals surface area contributed by atoms with E-state index >= 15 is 0 Å². The van der Waals surface area contributed by atoms with Crippen molar-refractivity contribution in [3.8, 4) is 0 Å². The van der Waals surface area contributed by atoms with E-state index < -0.39 is 5.60 Å². The van der Waals surface area contributed by atoms with Gasteiger partial charge >= 0.3 is 0 Å². The Morgan fingerprint density at radius 3 is 2.62 bits per heavy atom. The summed E-state index contributed by atoms with van der Waals surface area (Å²) in [6, 6.07) is 4.66. The third-order valence-electron chi connectivity index (χ3n) is 1.85. The zero-order valence-corrected chi connectivity index (χ0v) is 10.6. The average molecular weight is 262 g/mol. The molecule has 16 heavy (non-hydrogen) atoms. The molecule has 0 aromatic heterocycles. The van der Waals surface area contributed by atoms with E-state index in [2.05, 4.69) is 5.32 Å². The van der Waals surface area contributed by atoms with Gasteiger partial charge in [-0.05, 0) is 32.0 Å². The number of hydrogen-bond donors (Lipinski definition) is 2. The van der Waals surface area contributed by atoms with Gasteiger partial charge in [-0.15, -0.1) is 0 Å². The Kier molecular flexibility index (Phi) is 4.19. The summed E-state index contributed by atoms with van der Waals surface area (Å²) in [5.74, 6) is -0.352. The van der Waals surface area contributed by atoms with Crippen LogP contribution in [0.15, 0.2) is 18.2 Å². The smallest absolute Gasteiger partial charge is 0.252 e. The van der Waals surface area contributed by atoms with Crippen molar-refractivity contribution in [2.45, 2.75) is 19.4 Å². The van der Waals surface area contributed by atoms with Crippen molar-refractivity contribution in [2.75, 3.05) is 6.54 Å². The van der Waals surface area contributed by atoms with E-state index in [0.717, 1.165) is 0 Å². The number of aliphatic hydroxyl groups is 1. The Balaban J connectivity index is 2.77. The average Bonchev–Trinajstić information content (AvgIpc) is 2.17. The number of hydrogen-bond acceptors (Lipinski definition) is 2. The van der Waals surface area contributed by atoms with Crippen LogP contribution in [-0.2, 0) is 0 Å². The van der Waals surface area contributed by atoms with Crippen LogP contribution < -0.4 is 5.32 Å². The fourth-order valence-electron chi connectivity index (χ4n) is 1.06. The van der Waals surface area contributed by atoms with Crippen LogP contribution in [-0.4, -0.2) is 23.2 Å². The lowest BCUT2D eigenvalue weighted by Crippen LogP contribution is -2.38. The summed E-state index contributed by atoms with van der Waals surface area (Å²) in [4.78, 5) is 11.7. The third-order valence-corrected chi connectivity index (χ3v) is 2.42. The van der Waals surface area contributed by atoms with Crippen LogP contribution in [0.4, 0.5) is 0 Å². The second-order valence-corrected chi connectivity index (χ2v) is 4.96. The van der Waals surface area contributed by atoms with E-state index in [9.17, 15) is 9.90 Å². The number of nitrogens with one attached hydrogen (secondary N) is 1. The molecule has 5 heteroatoms. The predicted molar refractivity (Wildman–Crippen MR) is 65.1 cm³/mol. The van der Waals surface area contributed by atoms with Gasteiger partial charge < -0.3 is 10.4 Å². The number of carbonyl (C=O) groups excluding carboxylic acids is 1. The van der Waals surface area contributed by atoms with Crippen LogP contribution in [0.3, 0.4) is 0 Å². The number of rotatable bonds is 3. The molecule has 0 heterocycles. The maximum atomic E-state index is 11.7. The summed E-state index contributed by atoms with van der Waals surface area (Å²) in [6.07, 6.45) is 0. The van der Waals surface area contributed by atoms with Gasteiger partial charge in [0, 0.05) is 11.6 Å². The van der Waals surface area contributed by atoms with E-state index in [1.165, 1.54) is 6.07 Å². The predicted octanol–water partition coefficient (Wildman–Crippen LogP) is 2.49. The lowest BCUT2D eigenvalue weighted by Gasteiger charge is -2.17. The third kappa shape index (κ3) is 4.00. The molecular weight excluding hydrogens is 249 g/mol. The molecule has 1 rings (SSSR count). The van der Waals surface area contributed by atoms with Gasteiger partial charge in [-0.3, -0.25) is 4.79 Å². The molecule has 0 fully saturated rings. The molecule has 0 atom stereocenters. The molecule has 0 aliphatic carbocycles. The Hall–Kier alpha value is -0.770. The molecule has 0 saturated carbocycles. The van der Waals surface area contributed by atoms with E-state index in [4.69, 9.17) is 23.2 Å². The maximum absolute atomic E-state index is 11.7. The highest BCUT2D eigenvalue weighted by atomic mass is 35.5. The topological polar surface area (TPSA) is 49.3 Å². The molecule has 0 bridgehead atoms. The van der Waals surface area contributed by atoms with Crippen molar-refractivity contribution < 1.29 is 9.90 Å². The molecule has 0 saturated heterocycles. The first-order valence-electron chi connectivity index (χ1n) is 4.75. The van der Waals surface area contributed by atoms with Crippen molar-refractivity contribution in [1.29, 1.82) is 0 Å². The molecule has 0 aliphatic rings. The summed E-state index contributed by atoms with van der Waals surface area (Å²) in [7, 11) is 0. The molecule has 3 nitrogen and oxygen atoms in total. The number of amides is 1. The number of carbonyl (C=O) groups is 1. The lowest BCUT2D eigenvalue weighted by atomic mass is 10.1. The monoisotopic (exact) mass is 261 g/mol.